The van der Waals surface area contributed by atoms with Crippen molar-refractivity contribution >= 4 is 27.5 Å². The minimum atomic E-state index is -4.14. The molecular formula is C29H34FN3O4S. The maximum Gasteiger partial charge on any atom is 0.264 e. The van der Waals surface area contributed by atoms with Crippen LogP contribution >= 0.6 is 0 Å². The molecule has 3 aromatic carbocycles. The van der Waals surface area contributed by atoms with Crippen molar-refractivity contribution in [3.63, 3.8) is 0 Å². The van der Waals surface area contributed by atoms with Gasteiger partial charge in [0.1, 0.15) is 18.4 Å². The molecule has 1 unspecified atom stereocenters. The van der Waals surface area contributed by atoms with Crippen molar-refractivity contribution in [3.8, 4) is 0 Å². The van der Waals surface area contributed by atoms with Crippen LogP contribution in [-0.4, -0.2) is 44.3 Å². The van der Waals surface area contributed by atoms with Gasteiger partial charge >= 0.3 is 0 Å². The first-order chi connectivity index (χ1) is 17.9. The van der Waals surface area contributed by atoms with Crippen LogP contribution in [0.1, 0.15) is 36.1 Å². The second-order valence-electron chi connectivity index (χ2n) is 9.26. The monoisotopic (exact) mass is 539 g/mol. The van der Waals surface area contributed by atoms with Gasteiger partial charge < -0.3 is 10.2 Å². The number of amides is 2. The van der Waals surface area contributed by atoms with Crippen LogP contribution in [0.5, 0.6) is 0 Å². The molecule has 0 heterocycles. The Morgan fingerprint density at radius 3 is 2.18 bits per heavy atom. The van der Waals surface area contributed by atoms with Gasteiger partial charge in [-0.05, 0) is 81.6 Å². The number of aryl methyl sites for hydroxylation is 2. The Labute approximate surface area is 224 Å². The minimum absolute atomic E-state index is 0.00261. The fourth-order valence-corrected chi connectivity index (χ4v) is 5.52. The molecule has 0 fully saturated rings. The van der Waals surface area contributed by atoms with Crippen LogP contribution in [0.4, 0.5) is 10.1 Å². The van der Waals surface area contributed by atoms with Gasteiger partial charge in [0.15, 0.2) is 0 Å². The highest BCUT2D eigenvalue weighted by Crippen LogP contribution is 2.29. The molecule has 202 valence electrons. The summed E-state index contributed by atoms with van der Waals surface area (Å²) in [6.07, 6.45) is 0. The van der Waals surface area contributed by atoms with Crippen molar-refractivity contribution in [2.24, 2.45) is 0 Å². The Kier molecular flexibility index (Phi) is 9.27. The van der Waals surface area contributed by atoms with Crippen molar-refractivity contribution in [1.29, 1.82) is 0 Å². The molecule has 0 spiro atoms. The summed E-state index contributed by atoms with van der Waals surface area (Å²) < 4.78 is 42.4. The van der Waals surface area contributed by atoms with Gasteiger partial charge in [-0.15, -0.1) is 0 Å². The predicted molar refractivity (Wildman–Crippen MR) is 147 cm³/mol. The third kappa shape index (κ3) is 6.58. The molecule has 0 radical (unpaired) electrons. The summed E-state index contributed by atoms with van der Waals surface area (Å²) >= 11 is 0. The van der Waals surface area contributed by atoms with E-state index in [-0.39, 0.29) is 17.3 Å². The molecule has 0 saturated heterocycles. The van der Waals surface area contributed by atoms with Crippen LogP contribution in [-0.2, 0) is 26.2 Å². The van der Waals surface area contributed by atoms with Gasteiger partial charge in [0.2, 0.25) is 11.8 Å². The third-order valence-corrected chi connectivity index (χ3v) is 8.29. The first-order valence-corrected chi connectivity index (χ1v) is 13.9. The minimum Gasteiger partial charge on any atom is -0.355 e. The quantitative estimate of drug-likeness (QED) is 0.411. The molecule has 0 aliphatic rings. The van der Waals surface area contributed by atoms with Crippen LogP contribution in [0.25, 0.3) is 0 Å². The number of halogens is 1. The molecule has 9 heteroatoms. The maximum atomic E-state index is 13.9. The van der Waals surface area contributed by atoms with E-state index >= 15 is 0 Å². The Bertz CT molecular complexity index is 1390. The number of likely N-dealkylation sites (N-methyl/N-ethyl adjacent to an activating group) is 1. The Morgan fingerprint density at radius 1 is 0.947 bits per heavy atom. The van der Waals surface area contributed by atoms with Crippen molar-refractivity contribution in [2.45, 2.75) is 52.1 Å². The molecule has 1 N–H and O–H groups in total. The first kappa shape index (κ1) is 28.8. The summed E-state index contributed by atoms with van der Waals surface area (Å²) in [4.78, 5) is 28.0. The fraction of sp³-hybridized carbons (Fsp3) is 0.310. The van der Waals surface area contributed by atoms with Crippen LogP contribution in [0.3, 0.4) is 0 Å². The van der Waals surface area contributed by atoms with Crippen molar-refractivity contribution in [3.05, 3.63) is 94.8 Å². The van der Waals surface area contributed by atoms with E-state index in [2.05, 4.69) is 5.32 Å². The normalized spacial score (nSPS) is 12.1. The van der Waals surface area contributed by atoms with Crippen molar-refractivity contribution in [2.75, 3.05) is 17.4 Å². The van der Waals surface area contributed by atoms with Crippen LogP contribution < -0.4 is 9.62 Å². The zero-order valence-electron chi connectivity index (χ0n) is 22.4. The lowest BCUT2D eigenvalue weighted by molar-refractivity contribution is -0.139. The largest absolute Gasteiger partial charge is 0.355 e. The van der Waals surface area contributed by atoms with E-state index < -0.39 is 34.3 Å². The molecule has 7 nitrogen and oxygen atoms in total. The Hall–Kier alpha value is -3.72. The predicted octanol–water partition coefficient (Wildman–Crippen LogP) is 4.50. The Morgan fingerprint density at radius 2 is 1.58 bits per heavy atom. The summed E-state index contributed by atoms with van der Waals surface area (Å²) in [5, 5.41) is 2.71. The lowest BCUT2D eigenvalue weighted by Gasteiger charge is -2.32. The number of carbonyl (C=O) groups is 2. The van der Waals surface area contributed by atoms with Gasteiger partial charge in [-0.3, -0.25) is 13.9 Å². The summed E-state index contributed by atoms with van der Waals surface area (Å²) in [5.74, 6) is -1.36. The second-order valence-corrected chi connectivity index (χ2v) is 11.1. The smallest absolute Gasteiger partial charge is 0.264 e. The first-order valence-electron chi connectivity index (χ1n) is 12.4. The lowest BCUT2D eigenvalue weighted by Crippen LogP contribution is -2.51. The van der Waals surface area contributed by atoms with Gasteiger partial charge in [0.05, 0.1) is 10.6 Å². The van der Waals surface area contributed by atoms with Gasteiger partial charge in [-0.25, -0.2) is 12.8 Å². The molecular weight excluding hydrogens is 505 g/mol. The Balaban J connectivity index is 2.07. The lowest BCUT2D eigenvalue weighted by atomic mass is 10.1. The molecule has 1 atom stereocenters. The number of hydrogen-bond donors (Lipinski definition) is 1. The maximum absolute atomic E-state index is 13.9. The van der Waals surface area contributed by atoms with Crippen molar-refractivity contribution < 1.29 is 22.4 Å². The second kappa shape index (κ2) is 12.2. The van der Waals surface area contributed by atoms with E-state index in [0.717, 1.165) is 21.0 Å². The van der Waals surface area contributed by atoms with Gasteiger partial charge in [-0.1, -0.05) is 42.0 Å². The van der Waals surface area contributed by atoms with Crippen LogP contribution in [0, 0.1) is 26.6 Å². The number of hydrogen-bond acceptors (Lipinski definition) is 4. The highest BCUT2D eigenvalue weighted by molar-refractivity contribution is 7.92. The van der Waals surface area contributed by atoms with Gasteiger partial charge in [0.25, 0.3) is 10.0 Å². The van der Waals surface area contributed by atoms with Crippen molar-refractivity contribution in [1.82, 2.24) is 10.2 Å². The number of sulfonamides is 1. The van der Waals surface area contributed by atoms with E-state index in [4.69, 9.17) is 0 Å². The highest BCUT2D eigenvalue weighted by atomic mass is 32.2. The zero-order chi connectivity index (χ0) is 28.0. The zero-order valence-corrected chi connectivity index (χ0v) is 23.2. The fourth-order valence-electron chi connectivity index (χ4n) is 4.05. The van der Waals surface area contributed by atoms with E-state index in [1.807, 2.05) is 19.9 Å². The number of benzene rings is 3. The molecule has 2 amide bonds. The number of rotatable bonds is 10. The van der Waals surface area contributed by atoms with E-state index in [1.54, 1.807) is 45.0 Å². The molecule has 0 saturated carbocycles. The van der Waals surface area contributed by atoms with E-state index in [9.17, 15) is 22.4 Å². The molecule has 3 rings (SSSR count). The van der Waals surface area contributed by atoms with Crippen LogP contribution in [0.2, 0.25) is 0 Å². The average Bonchev–Trinajstić information content (AvgIpc) is 2.88. The molecule has 3 aromatic rings. The van der Waals surface area contributed by atoms with Crippen LogP contribution in [0.15, 0.2) is 71.6 Å². The number of nitrogens with one attached hydrogen (secondary N) is 1. The number of carbonyl (C=O) groups excluding carboxylic acids is 2. The summed E-state index contributed by atoms with van der Waals surface area (Å²) in [7, 11) is -4.14. The summed E-state index contributed by atoms with van der Waals surface area (Å²) in [5.41, 5.74) is 3.48. The van der Waals surface area contributed by atoms with Gasteiger partial charge in [0, 0.05) is 13.1 Å². The molecule has 0 aliphatic carbocycles. The topological polar surface area (TPSA) is 86.8 Å². The number of anilines is 1. The van der Waals surface area contributed by atoms with E-state index in [1.165, 1.54) is 41.3 Å². The molecule has 38 heavy (non-hydrogen) atoms. The SMILES string of the molecule is CCNC(=O)C(C)N(Cc1ccc(F)cc1)C(=O)CN(c1cccc(C)c1C)S(=O)(=O)c1ccc(C)cc1. The van der Waals surface area contributed by atoms with Gasteiger partial charge in [-0.2, -0.15) is 0 Å². The summed E-state index contributed by atoms with van der Waals surface area (Å²) in [6, 6.07) is 16.4. The number of nitrogens with zero attached hydrogens (tertiary/aromatic N) is 2. The molecule has 0 aromatic heterocycles. The standard InChI is InChI=1S/C29H34FN3O4S/c1-6-31-29(35)23(5)32(18-24-12-14-25(30)15-13-24)28(34)19-33(27-9-7-8-21(3)22(27)4)38(36,37)26-16-10-20(2)11-17-26/h7-17,23H,6,18-19H2,1-5H3,(H,31,35). The van der Waals surface area contributed by atoms with E-state index in [0.29, 0.717) is 17.8 Å². The molecule has 0 bridgehead atoms. The summed E-state index contributed by atoms with van der Waals surface area (Å²) in [6.45, 7) is 8.75. The highest BCUT2D eigenvalue weighted by Gasteiger charge is 2.33. The molecule has 0 aliphatic heterocycles. The average molecular weight is 540 g/mol. The third-order valence-electron chi connectivity index (χ3n) is 6.52.